The molecule has 13 rings (SSSR count). The van der Waals surface area contributed by atoms with Crippen molar-refractivity contribution in [1.82, 2.24) is 19.1 Å². The van der Waals surface area contributed by atoms with Crippen molar-refractivity contribution in [3.63, 3.8) is 0 Å². The number of nitrogens with zero attached hydrogens (tertiary/aromatic N) is 6. The van der Waals surface area contributed by atoms with Crippen LogP contribution in [0.25, 0.3) is 55.7 Å². The molecule has 2 aliphatic rings. The van der Waals surface area contributed by atoms with Crippen molar-refractivity contribution in [3.8, 4) is 22.9 Å². The van der Waals surface area contributed by atoms with Gasteiger partial charge in [-0.1, -0.05) is 111 Å². The number of hydrogen-bond acceptors (Lipinski definition) is 4. The molecule has 0 spiro atoms. The molecule has 0 aliphatic carbocycles. The summed E-state index contributed by atoms with van der Waals surface area (Å²) in [6.45, 7) is 4.49. The van der Waals surface area contributed by atoms with Gasteiger partial charge in [0.2, 0.25) is 0 Å². The average Bonchev–Trinajstić information content (AvgIpc) is 3.90. The zero-order valence-electron chi connectivity index (χ0n) is 35.5. The maximum Gasteiger partial charge on any atom is 0.252 e. The molecule has 6 nitrogen and oxygen atoms in total. The number of fused-ring (bicyclic) bond motifs is 8. The molecule has 5 heterocycles. The third-order valence-corrected chi connectivity index (χ3v) is 13.3. The molecule has 0 saturated heterocycles. The molecule has 0 fully saturated rings. The van der Waals surface area contributed by atoms with E-state index in [-0.39, 0.29) is 6.71 Å². The van der Waals surface area contributed by atoms with E-state index in [1.165, 1.54) is 49.8 Å². The number of aromatic nitrogens is 4. The van der Waals surface area contributed by atoms with Crippen LogP contribution in [0, 0.1) is 0 Å². The Balaban J connectivity index is 1.17. The summed E-state index contributed by atoms with van der Waals surface area (Å²) in [6, 6.07) is 72.7. The fourth-order valence-electron chi connectivity index (χ4n) is 10.5. The fourth-order valence-corrected chi connectivity index (χ4v) is 10.5. The van der Waals surface area contributed by atoms with Gasteiger partial charge < -0.3 is 9.80 Å². The van der Waals surface area contributed by atoms with Gasteiger partial charge in [-0.05, 0) is 131 Å². The molecular weight excluding hydrogens is 779 g/mol. The van der Waals surface area contributed by atoms with Gasteiger partial charge in [0.15, 0.2) is 0 Å². The maximum absolute atomic E-state index is 5.38. The first-order valence-electron chi connectivity index (χ1n) is 22.1. The van der Waals surface area contributed by atoms with Crippen molar-refractivity contribution in [1.29, 1.82) is 0 Å². The predicted octanol–water partition coefficient (Wildman–Crippen LogP) is 12.4. The van der Waals surface area contributed by atoms with Gasteiger partial charge in [-0.3, -0.25) is 9.13 Å². The molecule has 0 radical (unpaired) electrons. The van der Waals surface area contributed by atoms with Gasteiger partial charge in [0.05, 0.1) is 22.1 Å². The van der Waals surface area contributed by atoms with E-state index >= 15 is 0 Å². The summed E-state index contributed by atoms with van der Waals surface area (Å²) >= 11 is 0. The Morgan fingerprint density at radius 3 is 1.75 bits per heavy atom. The molecule has 2 aliphatic heterocycles. The number of pyridine rings is 1. The SMILES string of the molecule is CC(C)c1cc2c3c(c1)N(c1ccccc1)c1cc4c5ccccc5n(-c5ccccn5)c4cc1B3c1cc(-c3nc4ccccc4n3-c3ccccc3)ccc1N2c1ccccc1. The Bertz CT molecular complexity index is 3600. The van der Waals surface area contributed by atoms with Gasteiger partial charge in [-0.2, -0.15) is 0 Å². The average molecular weight is 821 g/mol. The van der Waals surface area contributed by atoms with Crippen LogP contribution in [0.4, 0.5) is 34.1 Å². The first-order chi connectivity index (χ1) is 31.6. The molecule has 302 valence electrons. The van der Waals surface area contributed by atoms with Gasteiger partial charge in [0, 0.05) is 62.3 Å². The highest BCUT2D eigenvalue weighted by Crippen LogP contribution is 2.47. The van der Waals surface area contributed by atoms with Crippen LogP contribution in [0.3, 0.4) is 0 Å². The van der Waals surface area contributed by atoms with Crippen molar-refractivity contribution >= 4 is 90.1 Å². The summed E-state index contributed by atoms with van der Waals surface area (Å²) in [4.78, 5) is 15.3. The van der Waals surface area contributed by atoms with Crippen LogP contribution >= 0.6 is 0 Å². The highest BCUT2D eigenvalue weighted by atomic mass is 15.2. The smallest absolute Gasteiger partial charge is 0.252 e. The van der Waals surface area contributed by atoms with E-state index in [4.69, 9.17) is 9.97 Å². The Hall–Kier alpha value is -8.16. The van der Waals surface area contributed by atoms with E-state index in [0.717, 1.165) is 62.0 Å². The second-order valence-electron chi connectivity index (χ2n) is 17.2. The zero-order chi connectivity index (χ0) is 42.5. The second kappa shape index (κ2) is 14.2. The molecule has 0 saturated carbocycles. The third kappa shape index (κ3) is 5.40. The Morgan fingerprint density at radius 2 is 1.06 bits per heavy atom. The predicted molar refractivity (Wildman–Crippen MR) is 267 cm³/mol. The Morgan fingerprint density at radius 1 is 0.453 bits per heavy atom. The standard InChI is InChI=1S/C57H41BN6/c1-37(2)39-33-53-56-54(34-39)62(41-20-8-4-9-21-41)52-35-44-43-24-12-14-26-48(43)64(55-28-16-17-31-59-55)51(44)36-46(52)58(56)45-32-38(29-30-49(45)61(53)40-18-6-3-7-19-40)57-60-47-25-13-15-27-50(47)63(57)42-22-10-5-11-23-42/h3-37H,1-2H3. The molecule has 7 heteroatoms. The zero-order valence-corrected chi connectivity index (χ0v) is 35.5. The lowest BCUT2D eigenvalue weighted by Crippen LogP contribution is -2.61. The minimum atomic E-state index is -0.120. The van der Waals surface area contributed by atoms with Crippen LogP contribution < -0.4 is 26.2 Å². The number of para-hydroxylation sites is 6. The highest BCUT2D eigenvalue weighted by molar-refractivity contribution is 7.00. The lowest BCUT2D eigenvalue weighted by molar-refractivity contribution is 0.866. The molecule has 0 bridgehead atoms. The van der Waals surface area contributed by atoms with Gasteiger partial charge in [-0.15, -0.1) is 0 Å². The number of benzene rings is 8. The van der Waals surface area contributed by atoms with Gasteiger partial charge in [0.25, 0.3) is 6.71 Å². The van der Waals surface area contributed by atoms with Crippen LogP contribution in [0.15, 0.2) is 206 Å². The molecule has 0 amide bonds. The normalized spacial score (nSPS) is 12.9. The van der Waals surface area contributed by atoms with E-state index in [2.05, 4.69) is 227 Å². The van der Waals surface area contributed by atoms with Gasteiger partial charge in [0.1, 0.15) is 11.6 Å². The number of anilines is 6. The van der Waals surface area contributed by atoms with Crippen molar-refractivity contribution in [3.05, 3.63) is 212 Å². The van der Waals surface area contributed by atoms with Crippen LogP contribution in [-0.4, -0.2) is 25.8 Å². The number of hydrogen-bond donors (Lipinski definition) is 0. The first-order valence-corrected chi connectivity index (χ1v) is 22.1. The highest BCUT2D eigenvalue weighted by Gasteiger charge is 2.44. The van der Waals surface area contributed by atoms with E-state index in [1.807, 2.05) is 12.3 Å². The second-order valence-corrected chi connectivity index (χ2v) is 17.2. The van der Waals surface area contributed by atoms with Gasteiger partial charge >= 0.3 is 0 Å². The van der Waals surface area contributed by atoms with Crippen molar-refractivity contribution in [2.45, 2.75) is 19.8 Å². The molecule has 0 N–H and O–H groups in total. The van der Waals surface area contributed by atoms with E-state index in [9.17, 15) is 0 Å². The van der Waals surface area contributed by atoms with Crippen LogP contribution in [0.5, 0.6) is 0 Å². The molecule has 64 heavy (non-hydrogen) atoms. The maximum atomic E-state index is 5.38. The number of imidazole rings is 1. The van der Waals surface area contributed by atoms with Crippen molar-refractivity contribution in [2.75, 3.05) is 9.80 Å². The van der Waals surface area contributed by atoms with Crippen molar-refractivity contribution in [2.24, 2.45) is 0 Å². The minimum absolute atomic E-state index is 0.120. The van der Waals surface area contributed by atoms with Crippen LogP contribution in [-0.2, 0) is 0 Å². The molecule has 11 aromatic rings. The minimum Gasteiger partial charge on any atom is -0.311 e. The van der Waals surface area contributed by atoms with Gasteiger partial charge in [-0.25, -0.2) is 9.97 Å². The van der Waals surface area contributed by atoms with E-state index < -0.39 is 0 Å². The topological polar surface area (TPSA) is 42.1 Å². The molecule has 0 unspecified atom stereocenters. The first kappa shape index (κ1) is 36.5. The lowest BCUT2D eigenvalue weighted by atomic mass is 9.33. The summed E-state index contributed by atoms with van der Waals surface area (Å²) in [5.74, 6) is 2.11. The summed E-state index contributed by atoms with van der Waals surface area (Å²) < 4.78 is 4.65. The van der Waals surface area contributed by atoms with E-state index in [1.54, 1.807) is 0 Å². The molecular formula is C57H41BN6. The largest absolute Gasteiger partial charge is 0.311 e. The Labute approximate surface area is 372 Å². The van der Waals surface area contributed by atoms with Crippen LogP contribution in [0.1, 0.15) is 25.3 Å². The molecule has 0 atom stereocenters. The van der Waals surface area contributed by atoms with E-state index in [0.29, 0.717) is 5.92 Å². The lowest BCUT2D eigenvalue weighted by Gasteiger charge is -2.44. The third-order valence-electron chi connectivity index (χ3n) is 13.3. The molecule has 3 aromatic heterocycles. The summed E-state index contributed by atoms with van der Waals surface area (Å²) in [6.07, 6.45) is 1.89. The molecule has 8 aromatic carbocycles. The fraction of sp³-hybridized carbons (Fsp3) is 0.0526. The summed E-state index contributed by atoms with van der Waals surface area (Å²) in [7, 11) is 0. The monoisotopic (exact) mass is 820 g/mol. The summed E-state index contributed by atoms with van der Waals surface area (Å²) in [5, 5.41) is 2.39. The summed E-state index contributed by atoms with van der Waals surface area (Å²) in [5.41, 5.74) is 18.5. The number of rotatable bonds is 6. The quantitative estimate of drug-likeness (QED) is 0.157. The Kier molecular flexibility index (Phi) is 8.09. The van der Waals surface area contributed by atoms with Crippen molar-refractivity contribution < 1.29 is 0 Å². The van der Waals surface area contributed by atoms with Crippen LogP contribution in [0.2, 0.25) is 0 Å².